The highest BCUT2D eigenvalue weighted by molar-refractivity contribution is 7.89. The smallest absolute Gasteiger partial charge is 0.238 e. The molecule has 25 heavy (non-hydrogen) atoms. The SMILES string of the molecule is CC(=O)N(CCNC(=O)C1CCC1)CCc1ccc(S(N)(=O)=O)cc1. The first kappa shape index (κ1) is 19.4. The lowest BCUT2D eigenvalue weighted by Gasteiger charge is -2.25. The van der Waals surface area contributed by atoms with Gasteiger partial charge < -0.3 is 10.2 Å². The number of rotatable bonds is 8. The first-order valence-corrected chi connectivity index (χ1v) is 9.97. The number of sulfonamides is 1. The number of benzene rings is 1. The summed E-state index contributed by atoms with van der Waals surface area (Å²) in [6.45, 7) is 2.91. The molecule has 1 aromatic carbocycles. The van der Waals surface area contributed by atoms with Gasteiger partial charge in [-0.3, -0.25) is 9.59 Å². The number of amides is 2. The number of primary sulfonamides is 1. The number of carbonyl (C=O) groups is 2. The van der Waals surface area contributed by atoms with Crippen molar-refractivity contribution in [3.8, 4) is 0 Å². The second-order valence-electron chi connectivity index (χ2n) is 6.36. The molecule has 0 bridgehead atoms. The average Bonchev–Trinajstić information content (AvgIpc) is 2.48. The van der Waals surface area contributed by atoms with Crippen molar-refractivity contribution < 1.29 is 18.0 Å². The molecule has 1 fully saturated rings. The fourth-order valence-electron chi connectivity index (χ4n) is 2.67. The van der Waals surface area contributed by atoms with Crippen LogP contribution in [0, 0.1) is 5.92 Å². The van der Waals surface area contributed by atoms with E-state index in [0.717, 1.165) is 24.8 Å². The van der Waals surface area contributed by atoms with Crippen LogP contribution in [0.25, 0.3) is 0 Å². The Morgan fingerprint density at radius 3 is 2.32 bits per heavy atom. The molecule has 0 heterocycles. The van der Waals surface area contributed by atoms with E-state index in [-0.39, 0.29) is 22.6 Å². The van der Waals surface area contributed by atoms with Crippen LogP contribution in [-0.4, -0.2) is 44.8 Å². The van der Waals surface area contributed by atoms with Crippen LogP contribution < -0.4 is 10.5 Å². The molecule has 0 aliphatic heterocycles. The summed E-state index contributed by atoms with van der Waals surface area (Å²) in [6.07, 6.45) is 3.62. The van der Waals surface area contributed by atoms with Gasteiger partial charge in [0.25, 0.3) is 0 Å². The van der Waals surface area contributed by atoms with Gasteiger partial charge in [0, 0.05) is 32.5 Å². The maximum Gasteiger partial charge on any atom is 0.238 e. The van der Waals surface area contributed by atoms with E-state index in [0.29, 0.717) is 26.1 Å². The van der Waals surface area contributed by atoms with E-state index in [9.17, 15) is 18.0 Å². The fraction of sp³-hybridized carbons (Fsp3) is 0.529. The highest BCUT2D eigenvalue weighted by Crippen LogP contribution is 2.25. The van der Waals surface area contributed by atoms with E-state index in [1.807, 2.05) is 0 Å². The summed E-state index contributed by atoms with van der Waals surface area (Å²) >= 11 is 0. The van der Waals surface area contributed by atoms with Gasteiger partial charge in [-0.2, -0.15) is 0 Å². The molecule has 0 unspecified atom stereocenters. The van der Waals surface area contributed by atoms with Crippen molar-refractivity contribution in [2.24, 2.45) is 11.1 Å². The Morgan fingerprint density at radius 1 is 1.20 bits per heavy atom. The third-order valence-electron chi connectivity index (χ3n) is 4.52. The summed E-state index contributed by atoms with van der Waals surface area (Å²) in [5, 5.41) is 7.95. The van der Waals surface area contributed by atoms with Gasteiger partial charge in [-0.15, -0.1) is 0 Å². The molecule has 138 valence electrons. The van der Waals surface area contributed by atoms with Crippen LogP contribution in [0.4, 0.5) is 0 Å². The van der Waals surface area contributed by atoms with Crippen LogP contribution in [0.1, 0.15) is 31.7 Å². The maximum absolute atomic E-state index is 11.8. The van der Waals surface area contributed by atoms with Gasteiger partial charge in [0.1, 0.15) is 0 Å². The van der Waals surface area contributed by atoms with Gasteiger partial charge in [0.2, 0.25) is 21.8 Å². The second kappa shape index (κ2) is 8.44. The Balaban J connectivity index is 1.80. The molecule has 1 saturated carbocycles. The van der Waals surface area contributed by atoms with Crippen molar-refractivity contribution in [2.45, 2.75) is 37.5 Å². The second-order valence-corrected chi connectivity index (χ2v) is 7.93. The molecule has 0 radical (unpaired) electrons. The normalized spacial score (nSPS) is 14.6. The highest BCUT2D eigenvalue weighted by Gasteiger charge is 2.24. The summed E-state index contributed by atoms with van der Waals surface area (Å²) in [6, 6.07) is 6.30. The van der Waals surface area contributed by atoms with E-state index >= 15 is 0 Å². The lowest BCUT2D eigenvalue weighted by molar-refractivity contribution is -0.130. The van der Waals surface area contributed by atoms with E-state index in [1.165, 1.54) is 19.1 Å². The predicted molar refractivity (Wildman–Crippen MR) is 94.1 cm³/mol. The molecular weight excluding hydrogens is 342 g/mol. The minimum Gasteiger partial charge on any atom is -0.354 e. The molecule has 0 saturated heterocycles. The number of carbonyl (C=O) groups excluding carboxylic acids is 2. The number of nitrogens with two attached hydrogens (primary N) is 1. The summed E-state index contributed by atoms with van der Waals surface area (Å²) in [7, 11) is -3.69. The minimum absolute atomic E-state index is 0.0564. The van der Waals surface area contributed by atoms with Crippen LogP contribution in [0.2, 0.25) is 0 Å². The Hall–Kier alpha value is -1.93. The third-order valence-corrected chi connectivity index (χ3v) is 5.45. The van der Waals surface area contributed by atoms with E-state index in [1.54, 1.807) is 17.0 Å². The van der Waals surface area contributed by atoms with Gasteiger partial charge in [-0.1, -0.05) is 18.6 Å². The Labute approximate surface area is 148 Å². The van der Waals surface area contributed by atoms with Crippen LogP contribution >= 0.6 is 0 Å². The zero-order valence-electron chi connectivity index (χ0n) is 14.4. The van der Waals surface area contributed by atoms with Crippen molar-refractivity contribution in [1.82, 2.24) is 10.2 Å². The maximum atomic E-state index is 11.8. The first-order valence-electron chi connectivity index (χ1n) is 8.42. The van der Waals surface area contributed by atoms with E-state index in [2.05, 4.69) is 5.32 Å². The number of nitrogens with one attached hydrogen (secondary N) is 1. The van der Waals surface area contributed by atoms with Gasteiger partial charge in [-0.05, 0) is 37.0 Å². The molecule has 7 nitrogen and oxygen atoms in total. The van der Waals surface area contributed by atoms with Crippen LogP contribution in [0.3, 0.4) is 0 Å². The van der Waals surface area contributed by atoms with Crippen LogP contribution in [-0.2, 0) is 26.0 Å². The molecule has 2 rings (SSSR count). The zero-order valence-corrected chi connectivity index (χ0v) is 15.2. The van der Waals surface area contributed by atoms with Crippen molar-refractivity contribution >= 4 is 21.8 Å². The van der Waals surface area contributed by atoms with Crippen LogP contribution in [0.5, 0.6) is 0 Å². The zero-order chi connectivity index (χ0) is 18.4. The average molecular weight is 367 g/mol. The molecule has 0 atom stereocenters. The molecular formula is C17H25N3O4S. The molecule has 8 heteroatoms. The predicted octanol–water partition coefficient (Wildman–Crippen LogP) is 0.641. The van der Waals surface area contributed by atoms with Gasteiger partial charge in [0.05, 0.1) is 4.90 Å². The highest BCUT2D eigenvalue weighted by atomic mass is 32.2. The summed E-state index contributed by atoms with van der Waals surface area (Å²) in [5.74, 6) is 0.163. The first-order chi connectivity index (χ1) is 11.8. The monoisotopic (exact) mass is 367 g/mol. The number of hydrogen-bond acceptors (Lipinski definition) is 4. The minimum atomic E-state index is -3.69. The van der Waals surface area contributed by atoms with E-state index in [4.69, 9.17) is 5.14 Å². The van der Waals surface area contributed by atoms with Crippen LogP contribution in [0.15, 0.2) is 29.2 Å². The van der Waals surface area contributed by atoms with Gasteiger partial charge in [-0.25, -0.2) is 13.6 Å². The molecule has 1 aromatic rings. The molecule has 3 N–H and O–H groups in total. The summed E-state index contributed by atoms with van der Waals surface area (Å²) in [4.78, 5) is 25.3. The number of nitrogens with zero attached hydrogens (tertiary/aromatic N) is 1. The third kappa shape index (κ3) is 5.82. The van der Waals surface area contributed by atoms with Crippen molar-refractivity contribution in [1.29, 1.82) is 0 Å². The molecule has 1 aliphatic carbocycles. The fourth-order valence-corrected chi connectivity index (χ4v) is 3.18. The largest absolute Gasteiger partial charge is 0.354 e. The Morgan fingerprint density at radius 2 is 1.84 bits per heavy atom. The summed E-state index contributed by atoms with van der Waals surface area (Å²) < 4.78 is 22.5. The van der Waals surface area contributed by atoms with Crippen molar-refractivity contribution in [3.63, 3.8) is 0 Å². The lowest BCUT2D eigenvalue weighted by atomic mass is 9.85. The lowest BCUT2D eigenvalue weighted by Crippen LogP contribution is -2.41. The molecule has 2 amide bonds. The van der Waals surface area contributed by atoms with Crippen molar-refractivity contribution in [2.75, 3.05) is 19.6 Å². The quantitative estimate of drug-likeness (QED) is 0.702. The van der Waals surface area contributed by atoms with Gasteiger partial charge >= 0.3 is 0 Å². The Bertz CT molecular complexity index is 712. The molecule has 0 aromatic heterocycles. The topological polar surface area (TPSA) is 110 Å². The number of hydrogen-bond donors (Lipinski definition) is 2. The van der Waals surface area contributed by atoms with Gasteiger partial charge in [0.15, 0.2) is 0 Å². The molecule has 0 spiro atoms. The van der Waals surface area contributed by atoms with Crippen molar-refractivity contribution in [3.05, 3.63) is 29.8 Å². The molecule has 1 aliphatic rings. The Kier molecular flexibility index (Phi) is 6.55. The van der Waals surface area contributed by atoms with E-state index < -0.39 is 10.0 Å². The standard InChI is InChI=1S/C17H25N3O4S/c1-13(21)20(12-10-19-17(22)15-3-2-4-15)11-9-14-5-7-16(8-6-14)25(18,23)24/h5-8,15H,2-4,9-12H2,1H3,(H,19,22)(H2,18,23,24). The summed E-state index contributed by atoms with van der Waals surface area (Å²) in [5.41, 5.74) is 0.914.